The fourth-order valence-corrected chi connectivity index (χ4v) is 2.43. The highest BCUT2D eigenvalue weighted by molar-refractivity contribution is 6.23. The zero-order chi connectivity index (χ0) is 13.6. The lowest BCUT2D eigenvalue weighted by atomic mass is 9.73. The first kappa shape index (κ1) is 16.7. The second-order valence-electron chi connectivity index (χ2n) is 4.56. The lowest BCUT2D eigenvalue weighted by molar-refractivity contribution is -0.156. The Bertz CT molecular complexity index is 277. The number of alkyl halides is 2. The lowest BCUT2D eigenvalue weighted by Crippen LogP contribution is -2.43. The number of ether oxygens (including phenoxy) is 1. The van der Waals surface area contributed by atoms with Crippen molar-refractivity contribution in [3.05, 3.63) is 0 Å². The van der Waals surface area contributed by atoms with E-state index in [1.807, 2.05) is 0 Å². The molecule has 0 saturated carbocycles. The van der Waals surface area contributed by atoms with Crippen LogP contribution in [0.2, 0.25) is 0 Å². The molecule has 0 bridgehead atoms. The van der Waals surface area contributed by atoms with Crippen molar-refractivity contribution in [2.24, 2.45) is 11.3 Å². The van der Waals surface area contributed by atoms with Gasteiger partial charge in [0.25, 0.3) is 0 Å². The summed E-state index contributed by atoms with van der Waals surface area (Å²) < 4.78 is 4.93. The average molecular weight is 283 g/mol. The zero-order valence-electron chi connectivity index (χ0n) is 10.8. The third-order valence-electron chi connectivity index (χ3n) is 2.84. The number of esters is 1. The SMILES string of the molecule is CCOC(=O)C(C(C)=O)C(C)(C)C(Cl)CCCl. The molecule has 0 heterocycles. The summed E-state index contributed by atoms with van der Waals surface area (Å²) in [7, 11) is 0. The van der Waals surface area contributed by atoms with Crippen LogP contribution >= 0.6 is 23.2 Å². The molecule has 17 heavy (non-hydrogen) atoms. The first-order valence-electron chi connectivity index (χ1n) is 5.66. The molecule has 0 amide bonds. The predicted molar refractivity (Wildman–Crippen MR) is 69.6 cm³/mol. The van der Waals surface area contributed by atoms with E-state index in [-0.39, 0.29) is 17.8 Å². The zero-order valence-corrected chi connectivity index (χ0v) is 12.3. The summed E-state index contributed by atoms with van der Waals surface area (Å²) in [6.07, 6.45) is 0.541. The standard InChI is InChI=1S/C12H20Cl2O3/c1-5-17-11(16)10(8(2)15)12(3,4)9(14)6-7-13/h9-10H,5-7H2,1-4H3. The van der Waals surface area contributed by atoms with Crippen molar-refractivity contribution in [2.45, 2.75) is 39.5 Å². The fourth-order valence-electron chi connectivity index (χ4n) is 1.87. The van der Waals surface area contributed by atoms with Crippen LogP contribution in [0.25, 0.3) is 0 Å². The number of Topliss-reactive ketones (excluding diaryl/α,β-unsaturated/α-hetero) is 1. The minimum absolute atomic E-state index is 0.228. The average Bonchev–Trinajstić information content (AvgIpc) is 2.17. The Hall–Kier alpha value is -0.280. The van der Waals surface area contributed by atoms with Crippen LogP contribution in [0.15, 0.2) is 0 Å². The van der Waals surface area contributed by atoms with E-state index in [2.05, 4.69) is 0 Å². The Balaban J connectivity index is 5.03. The highest BCUT2D eigenvalue weighted by Gasteiger charge is 2.44. The molecule has 0 aromatic heterocycles. The molecular formula is C12H20Cl2O3. The van der Waals surface area contributed by atoms with Crippen LogP contribution in [0, 0.1) is 11.3 Å². The lowest BCUT2D eigenvalue weighted by Gasteiger charge is -2.35. The molecule has 0 aliphatic carbocycles. The smallest absolute Gasteiger partial charge is 0.317 e. The number of carbonyl (C=O) groups excluding carboxylic acids is 2. The van der Waals surface area contributed by atoms with Crippen LogP contribution in [-0.4, -0.2) is 29.6 Å². The number of rotatable bonds is 7. The second-order valence-corrected chi connectivity index (χ2v) is 5.47. The van der Waals surface area contributed by atoms with Gasteiger partial charge in [0.15, 0.2) is 0 Å². The molecule has 0 aliphatic heterocycles. The van der Waals surface area contributed by atoms with Crippen molar-refractivity contribution in [3.8, 4) is 0 Å². The van der Waals surface area contributed by atoms with Crippen molar-refractivity contribution in [1.82, 2.24) is 0 Å². The maximum absolute atomic E-state index is 11.8. The van der Waals surface area contributed by atoms with Crippen molar-refractivity contribution in [1.29, 1.82) is 0 Å². The molecule has 2 atom stereocenters. The van der Waals surface area contributed by atoms with Gasteiger partial charge in [-0.25, -0.2) is 0 Å². The molecule has 0 spiro atoms. The molecule has 0 aromatic rings. The molecule has 5 heteroatoms. The van der Waals surface area contributed by atoms with Gasteiger partial charge < -0.3 is 4.74 Å². The van der Waals surface area contributed by atoms with Crippen LogP contribution < -0.4 is 0 Å². The number of ketones is 1. The molecule has 0 aromatic carbocycles. The first-order chi connectivity index (χ1) is 7.78. The van der Waals surface area contributed by atoms with Gasteiger partial charge in [0, 0.05) is 16.7 Å². The summed E-state index contributed by atoms with van der Waals surface area (Å²) in [4.78, 5) is 23.4. The van der Waals surface area contributed by atoms with Gasteiger partial charge in [-0.2, -0.15) is 0 Å². The van der Waals surface area contributed by atoms with Gasteiger partial charge in [-0.3, -0.25) is 9.59 Å². The minimum Gasteiger partial charge on any atom is -0.465 e. The van der Waals surface area contributed by atoms with Crippen LogP contribution in [0.1, 0.15) is 34.1 Å². The number of halogens is 2. The normalized spacial score (nSPS) is 15.2. The van der Waals surface area contributed by atoms with E-state index in [1.165, 1.54) is 6.92 Å². The van der Waals surface area contributed by atoms with E-state index in [0.29, 0.717) is 12.3 Å². The monoisotopic (exact) mass is 282 g/mol. The van der Waals surface area contributed by atoms with Gasteiger partial charge in [0.2, 0.25) is 0 Å². The van der Waals surface area contributed by atoms with Crippen LogP contribution in [0.3, 0.4) is 0 Å². The first-order valence-corrected chi connectivity index (χ1v) is 6.63. The Morgan fingerprint density at radius 2 is 1.88 bits per heavy atom. The summed E-state index contributed by atoms with van der Waals surface area (Å²) in [5.74, 6) is -1.18. The van der Waals surface area contributed by atoms with Gasteiger partial charge in [0.1, 0.15) is 11.7 Å². The largest absolute Gasteiger partial charge is 0.465 e. The maximum Gasteiger partial charge on any atom is 0.317 e. The molecular weight excluding hydrogens is 263 g/mol. The van der Waals surface area contributed by atoms with Crippen molar-refractivity contribution >= 4 is 35.0 Å². The summed E-state index contributed by atoms with van der Waals surface area (Å²) in [6.45, 7) is 6.92. The van der Waals surface area contributed by atoms with E-state index in [1.54, 1.807) is 20.8 Å². The third kappa shape index (κ3) is 4.47. The maximum atomic E-state index is 11.8. The van der Waals surface area contributed by atoms with E-state index in [9.17, 15) is 9.59 Å². The summed E-state index contributed by atoms with van der Waals surface area (Å²) in [5.41, 5.74) is -0.672. The fraction of sp³-hybridized carbons (Fsp3) is 0.833. The van der Waals surface area contributed by atoms with E-state index >= 15 is 0 Å². The van der Waals surface area contributed by atoms with E-state index in [0.717, 1.165) is 0 Å². The molecule has 0 radical (unpaired) electrons. The second kappa shape index (κ2) is 7.22. The Kier molecular flexibility index (Phi) is 7.10. The molecule has 3 nitrogen and oxygen atoms in total. The van der Waals surface area contributed by atoms with Gasteiger partial charge in [-0.15, -0.1) is 23.2 Å². The van der Waals surface area contributed by atoms with Crippen molar-refractivity contribution in [2.75, 3.05) is 12.5 Å². The Morgan fingerprint density at radius 3 is 2.24 bits per heavy atom. The highest BCUT2D eigenvalue weighted by Crippen LogP contribution is 2.37. The topological polar surface area (TPSA) is 43.4 Å². The Morgan fingerprint density at radius 1 is 1.35 bits per heavy atom. The number of hydrogen-bond donors (Lipinski definition) is 0. The van der Waals surface area contributed by atoms with Gasteiger partial charge in [-0.1, -0.05) is 13.8 Å². The molecule has 0 rings (SSSR count). The Labute approximate surface area is 113 Å². The third-order valence-corrected chi connectivity index (χ3v) is 3.84. The quantitative estimate of drug-likeness (QED) is 0.410. The highest BCUT2D eigenvalue weighted by atomic mass is 35.5. The van der Waals surface area contributed by atoms with E-state index in [4.69, 9.17) is 27.9 Å². The number of carbonyl (C=O) groups is 2. The van der Waals surface area contributed by atoms with E-state index < -0.39 is 17.3 Å². The summed E-state index contributed by atoms with van der Waals surface area (Å²) >= 11 is 11.9. The molecule has 100 valence electrons. The van der Waals surface area contributed by atoms with Gasteiger partial charge >= 0.3 is 5.97 Å². The molecule has 2 unspecified atom stereocenters. The molecule has 0 saturated heterocycles. The number of hydrogen-bond acceptors (Lipinski definition) is 3. The predicted octanol–water partition coefficient (Wildman–Crippen LogP) is 3.02. The van der Waals surface area contributed by atoms with Gasteiger partial charge in [-0.05, 0) is 20.3 Å². The van der Waals surface area contributed by atoms with Crippen LogP contribution in [0.5, 0.6) is 0 Å². The van der Waals surface area contributed by atoms with Crippen molar-refractivity contribution in [3.63, 3.8) is 0 Å². The summed E-state index contributed by atoms with van der Waals surface area (Å²) in [5, 5.41) is -0.349. The minimum atomic E-state index is -0.840. The summed E-state index contributed by atoms with van der Waals surface area (Å²) in [6, 6.07) is 0. The van der Waals surface area contributed by atoms with Crippen LogP contribution in [0.4, 0.5) is 0 Å². The van der Waals surface area contributed by atoms with Crippen molar-refractivity contribution < 1.29 is 14.3 Å². The molecule has 0 N–H and O–H groups in total. The van der Waals surface area contributed by atoms with Crippen LogP contribution in [-0.2, 0) is 14.3 Å². The molecule has 0 aliphatic rings. The molecule has 0 fully saturated rings. The van der Waals surface area contributed by atoms with Gasteiger partial charge in [0.05, 0.1) is 6.61 Å².